The molecule has 0 saturated carbocycles. The highest BCUT2D eigenvalue weighted by molar-refractivity contribution is 6.54. The maximum absolute atomic E-state index is 11.9. The van der Waals surface area contributed by atoms with Crippen molar-refractivity contribution < 1.29 is 19.1 Å². The number of benzene rings is 1. The van der Waals surface area contributed by atoms with E-state index in [1.54, 1.807) is 36.4 Å². The Kier molecular flexibility index (Phi) is 2.48. The van der Waals surface area contributed by atoms with Crippen molar-refractivity contribution in [2.24, 2.45) is 0 Å². The maximum atomic E-state index is 11.9. The van der Waals surface area contributed by atoms with Gasteiger partial charge in [0.05, 0.1) is 0 Å². The predicted molar refractivity (Wildman–Crippen MR) is 64.3 cm³/mol. The Hall–Kier alpha value is -2.36. The number of rotatable bonds is 1. The number of Topliss-reactive ketones (excluding diaryl/α,β-unsaturated/α-hetero) is 2. The van der Waals surface area contributed by atoms with Gasteiger partial charge in [0.25, 0.3) is 0 Å². The molecule has 18 heavy (non-hydrogen) atoms. The summed E-state index contributed by atoms with van der Waals surface area (Å²) in [5.74, 6) is 0.399. The van der Waals surface area contributed by atoms with Crippen LogP contribution in [0.5, 0.6) is 11.5 Å². The summed E-state index contributed by atoms with van der Waals surface area (Å²) in [5, 5.41) is 0. The van der Waals surface area contributed by atoms with Gasteiger partial charge in [-0.25, -0.2) is 0 Å². The van der Waals surface area contributed by atoms with Gasteiger partial charge < -0.3 is 9.47 Å². The molecule has 0 amide bonds. The van der Waals surface area contributed by atoms with Crippen LogP contribution in [0.15, 0.2) is 36.4 Å². The first kappa shape index (κ1) is 10.8. The van der Waals surface area contributed by atoms with Crippen molar-refractivity contribution in [1.82, 2.24) is 0 Å². The smallest absolute Gasteiger partial charge is 0.231 e. The number of hydrogen-bond donors (Lipinski definition) is 0. The number of allylic oxidation sites excluding steroid dienone is 4. The fourth-order valence-corrected chi connectivity index (χ4v) is 1.95. The summed E-state index contributed by atoms with van der Waals surface area (Å²) in [6, 6.07) is 5.22. The third kappa shape index (κ3) is 1.72. The van der Waals surface area contributed by atoms with Crippen molar-refractivity contribution in [1.29, 1.82) is 0 Å². The number of carbonyl (C=O) groups is 2. The summed E-state index contributed by atoms with van der Waals surface area (Å²) in [4.78, 5) is 23.5. The Labute approximate surface area is 104 Å². The molecule has 0 atom stereocenters. The van der Waals surface area contributed by atoms with Crippen LogP contribution in [0.25, 0.3) is 5.57 Å². The third-order valence-corrected chi connectivity index (χ3v) is 2.88. The Balaban J connectivity index is 2.04. The molecule has 1 aromatic carbocycles. The van der Waals surface area contributed by atoms with Crippen LogP contribution < -0.4 is 9.47 Å². The molecule has 0 aromatic heterocycles. The highest BCUT2D eigenvalue weighted by atomic mass is 16.7. The van der Waals surface area contributed by atoms with Crippen molar-refractivity contribution >= 4 is 17.1 Å². The van der Waals surface area contributed by atoms with Crippen LogP contribution in [0.3, 0.4) is 0 Å². The van der Waals surface area contributed by atoms with Crippen molar-refractivity contribution in [2.45, 2.75) is 6.42 Å². The van der Waals surface area contributed by atoms with Crippen LogP contribution in [0, 0.1) is 0 Å². The molecule has 0 saturated heterocycles. The molecular formula is C14H10O4. The molecule has 1 heterocycles. The summed E-state index contributed by atoms with van der Waals surface area (Å²) in [6.45, 7) is 0.185. The van der Waals surface area contributed by atoms with E-state index < -0.39 is 11.6 Å². The summed E-state index contributed by atoms with van der Waals surface area (Å²) >= 11 is 0. The Morgan fingerprint density at radius 1 is 1.06 bits per heavy atom. The van der Waals surface area contributed by atoms with Crippen molar-refractivity contribution in [2.75, 3.05) is 6.79 Å². The van der Waals surface area contributed by atoms with Crippen LogP contribution in [0.2, 0.25) is 0 Å². The molecule has 0 N–H and O–H groups in total. The molecule has 0 unspecified atom stereocenters. The quantitative estimate of drug-likeness (QED) is 0.706. The lowest BCUT2D eigenvalue weighted by Gasteiger charge is -2.05. The fraction of sp³-hybridized carbons (Fsp3) is 0.143. The largest absolute Gasteiger partial charge is 0.454 e. The van der Waals surface area contributed by atoms with Gasteiger partial charge in [0.1, 0.15) is 0 Å². The van der Waals surface area contributed by atoms with E-state index in [-0.39, 0.29) is 13.2 Å². The number of ether oxygens (including phenoxy) is 2. The topological polar surface area (TPSA) is 52.6 Å². The van der Waals surface area contributed by atoms with E-state index in [2.05, 4.69) is 0 Å². The van der Waals surface area contributed by atoms with Crippen molar-refractivity contribution in [3.05, 3.63) is 42.0 Å². The zero-order valence-electron chi connectivity index (χ0n) is 9.51. The molecule has 1 aromatic rings. The molecule has 0 bridgehead atoms. The molecule has 0 fully saturated rings. The van der Waals surface area contributed by atoms with Gasteiger partial charge in [0.2, 0.25) is 18.4 Å². The van der Waals surface area contributed by atoms with E-state index in [4.69, 9.17) is 9.47 Å². The lowest BCUT2D eigenvalue weighted by atomic mass is 9.99. The van der Waals surface area contributed by atoms with Crippen LogP contribution in [0.1, 0.15) is 12.0 Å². The average molecular weight is 242 g/mol. The first-order valence-corrected chi connectivity index (χ1v) is 5.60. The highest BCUT2D eigenvalue weighted by Crippen LogP contribution is 2.35. The minimum absolute atomic E-state index is 0.156. The number of fused-ring (bicyclic) bond motifs is 1. The third-order valence-electron chi connectivity index (χ3n) is 2.88. The van der Waals surface area contributed by atoms with E-state index >= 15 is 0 Å². The minimum Gasteiger partial charge on any atom is -0.454 e. The zero-order valence-corrected chi connectivity index (χ0v) is 9.51. The first-order chi connectivity index (χ1) is 8.75. The van der Waals surface area contributed by atoms with Gasteiger partial charge in [0.15, 0.2) is 11.5 Å². The van der Waals surface area contributed by atoms with E-state index in [1.165, 1.54) is 0 Å². The minimum atomic E-state index is -0.459. The van der Waals surface area contributed by atoms with E-state index in [0.717, 1.165) is 0 Å². The average Bonchev–Trinajstić information content (AvgIpc) is 2.78. The molecule has 0 spiro atoms. The summed E-state index contributed by atoms with van der Waals surface area (Å²) in [6.07, 6.45) is 5.22. The van der Waals surface area contributed by atoms with Gasteiger partial charge in [-0.15, -0.1) is 0 Å². The SMILES string of the molecule is O=C1CC=CC=C(c2ccc3c(c2)OCO3)C1=O. The van der Waals surface area contributed by atoms with E-state index in [9.17, 15) is 9.59 Å². The first-order valence-electron chi connectivity index (χ1n) is 5.60. The number of carbonyl (C=O) groups excluding carboxylic acids is 2. The lowest BCUT2D eigenvalue weighted by Crippen LogP contribution is -2.13. The van der Waals surface area contributed by atoms with Gasteiger partial charge >= 0.3 is 0 Å². The lowest BCUT2D eigenvalue weighted by molar-refractivity contribution is -0.132. The summed E-state index contributed by atoms with van der Waals surface area (Å²) in [7, 11) is 0. The summed E-state index contributed by atoms with van der Waals surface area (Å²) < 4.78 is 10.5. The fourth-order valence-electron chi connectivity index (χ4n) is 1.95. The van der Waals surface area contributed by atoms with Gasteiger partial charge in [0, 0.05) is 12.0 Å². The molecule has 1 aliphatic carbocycles. The highest BCUT2D eigenvalue weighted by Gasteiger charge is 2.22. The van der Waals surface area contributed by atoms with Crippen molar-refractivity contribution in [3.63, 3.8) is 0 Å². The Morgan fingerprint density at radius 2 is 1.89 bits per heavy atom. The van der Waals surface area contributed by atoms with Crippen LogP contribution in [-0.4, -0.2) is 18.4 Å². The van der Waals surface area contributed by atoms with E-state index in [1.807, 2.05) is 0 Å². The van der Waals surface area contributed by atoms with E-state index in [0.29, 0.717) is 22.6 Å². The zero-order chi connectivity index (χ0) is 12.5. The normalized spacial score (nSPS) is 17.7. The molecule has 4 heteroatoms. The second kappa shape index (κ2) is 4.14. The van der Waals surface area contributed by atoms with Gasteiger partial charge in [-0.2, -0.15) is 0 Å². The van der Waals surface area contributed by atoms with Crippen LogP contribution in [-0.2, 0) is 9.59 Å². The molecule has 3 rings (SSSR count). The van der Waals surface area contributed by atoms with Gasteiger partial charge in [-0.1, -0.05) is 24.3 Å². The second-order valence-corrected chi connectivity index (χ2v) is 4.03. The summed E-state index contributed by atoms with van der Waals surface area (Å²) in [5.41, 5.74) is 1.07. The Bertz CT molecular complexity index is 596. The predicted octanol–water partition coefficient (Wildman–Crippen LogP) is 1.90. The standard InChI is InChI=1S/C14H10O4/c15-11-4-2-1-3-10(14(11)16)9-5-6-12-13(7-9)18-8-17-12/h1-3,5-7H,4,8H2. The molecule has 1 aliphatic heterocycles. The molecular weight excluding hydrogens is 232 g/mol. The monoisotopic (exact) mass is 242 g/mol. The molecule has 2 aliphatic rings. The van der Waals surface area contributed by atoms with Gasteiger partial charge in [-0.3, -0.25) is 9.59 Å². The van der Waals surface area contributed by atoms with Gasteiger partial charge in [-0.05, 0) is 17.7 Å². The number of ketones is 2. The Morgan fingerprint density at radius 3 is 2.78 bits per heavy atom. The van der Waals surface area contributed by atoms with Crippen LogP contribution in [0.4, 0.5) is 0 Å². The molecule has 4 nitrogen and oxygen atoms in total. The van der Waals surface area contributed by atoms with Crippen molar-refractivity contribution in [3.8, 4) is 11.5 Å². The second-order valence-electron chi connectivity index (χ2n) is 4.03. The number of hydrogen-bond acceptors (Lipinski definition) is 4. The molecule has 90 valence electrons. The molecule has 0 radical (unpaired) electrons. The maximum Gasteiger partial charge on any atom is 0.231 e. The van der Waals surface area contributed by atoms with Crippen LogP contribution >= 0.6 is 0 Å².